The van der Waals surface area contributed by atoms with Gasteiger partial charge in [0.25, 0.3) is 23.6 Å². The van der Waals surface area contributed by atoms with Gasteiger partial charge in [-0.2, -0.15) is 0 Å². The number of aromatic nitrogens is 5. The molecule has 0 fully saturated rings. The highest BCUT2D eigenvalue weighted by molar-refractivity contribution is 6.02. The van der Waals surface area contributed by atoms with Crippen LogP contribution in [0.2, 0.25) is 0 Å². The van der Waals surface area contributed by atoms with E-state index in [1.807, 2.05) is 31.2 Å². The molecular formula is C50H52N10O9. The van der Waals surface area contributed by atoms with E-state index < -0.39 is 17.9 Å². The number of para-hydroxylation sites is 2. The number of hydrogen-bond acceptors (Lipinski definition) is 14. The summed E-state index contributed by atoms with van der Waals surface area (Å²) in [5.74, 6) is 5.16. The highest BCUT2D eigenvalue weighted by Gasteiger charge is 2.31. The summed E-state index contributed by atoms with van der Waals surface area (Å²) < 4.78 is 22.4. The van der Waals surface area contributed by atoms with E-state index in [4.69, 9.17) is 24.7 Å². The summed E-state index contributed by atoms with van der Waals surface area (Å²) in [6, 6.07) is 23.8. The van der Waals surface area contributed by atoms with Crippen molar-refractivity contribution in [2.75, 3.05) is 77.0 Å². The molecule has 0 bridgehead atoms. The van der Waals surface area contributed by atoms with Crippen LogP contribution in [0, 0.1) is 11.8 Å². The van der Waals surface area contributed by atoms with Gasteiger partial charge in [0, 0.05) is 67.1 Å². The zero-order valence-corrected chi connectivity index (χ0v) is 38.1. The molecule has 4 heterocycles. The molecule has 69 heavy (non-hydrogen) atoms. The Morgan fingerprint density at radius 1 is 0.855 bits per heavy atom. The molecule has 0 aliphatic carbocycles. The van der Waals surface area contributed by atoms with E-state index in [-0.39, 0.29) is 48.8 Å². The summed E-state index contributed by atoms with van der Waals surface area (Å²) in [6.45, 7) is 4.49. The smallest absolute Gasteiger partial charge is 0.296 e. The van der Waals surface area contributed by atoms with Crippen molar-refractivity contribution in [1.82, 2.24) is 41.1 Å². The number of carbonyl (C=O) groups excluding carboxylic acids is 4. The fourth-order valence-electron chi connectivity index (χ4n) is 7.25. The van der Waals surface area contributed by atoms with Gasteiger partial charge < -0.3 is 50.6 Å². The molecule has 7 N–H and O–H groups in total. The number of amides is 4. The van der Waals surface area contributed by atoms with Crippen molar-refractivity contribution in [2.24, 2.45) is 0 Å². The molecule has 1 aliphatic rings. The number of anilines is 2. The number of pyridine rings is 2. The number of aromatic hydroxyl groups is 1. The van der Waals surface area contributed by atoms with E-state index in [2.05, 4.69) is 52.9 Å². The number of carbonyl (C=O) groups is 4. The van der Waals surface area contributed by atoms with Crippen molar-refractivity contribution in [3.05, 3.63) is 131 Å². The lowest BCUT2D eigenvalue weighted by molar-refractivity contribution is -0.120. The van der Waals surface area contributed by atoms with E-state index in [0.717, 1.165) is 33.4 Å². The Bertz CT molecular complexity index is 2790. The van der Waals surface area contributed by atoms with Gasteiger partial charge in [0.05, 0.1) is 45.3 Å². The normalized spacial score (nSPS) is 13.0. The van der Waals surface area contributed by atoms with Gasteiger partial charge in [0.15, 0.2) is 0 Å². The Morgan fingerprint density at radius 2 is 1.55 bits per heavy atom. The van der Waals surface area contributed by atoms with E-state index in [9.17, 15) is 24.3 Å². The van der Waals surface area contributed by atoms with Crippen LogP contribution in [0.5, 0.6) is 11.5 Å². The van der Waals surface area contributed by atoms with E-state index >= 15 is 0 Å². The van der Waals surface area contributed by atoms with Gasteiger partial charge >= 0.3 is 0 Å². The van der Waals surface area contributed by atoms with Crippen molar-refractivity contribution < 1.29 is 43.2 Å². The van der Waals surface area contributed by atoms with Crippen LogP contribution in [0.3, 0.4) is 0 Å². The lowest BCUT2D eigenvalue weighted by Crippen LogP contribution is -2.49. The highest BCUT2D eigenvalue weighted by atomic mass is 16.5. The van der Waals surface area contributed by atoms with E-state index in [1.165, 1.54) is 4.90 Å². The summed E-state index contributed by atoms with van der Waals surface area (Å²) >= 11 is 0. The molecule has 1 aliphatic heterocycles. The first kappa shape index (κ1) is 48.7. The van der Waals surface area contributed by atoms with Crippen molar-refractivity contribution in [2.45, 2.75) is 25.8 Å². The highest BCUT2D eigenvalue weighted by Crippen LogP contribution is 2.36. The number of nitrogens with zero attached hydrogens (tertiary/aromatic N) is 5. The van der Waals surface area contributed by atoms with Gasteiger partial charge in [0.1, 0.15) is 41.5 Å². The van der Waals surface area contributed by atoms with E-state index in [0.29, 0.717) is 81.1 Å². The molecule has 0 saturated heterocycles. The molecule has 3 aromatic heterocycles. The fraction of sp³-hybridized carbons (Fsp3) is 0.280. The molecule has 7 rings (SSSR count). The number of nitrogens with two attached hydrogens (primary N) is 1. The number of ether oxygens (including phenoxy) is 4. The molecule has 1 atom stereocenters. The van der Waals surface area contributed by atoms with Crippen LogP contribution in [0.4, 0.5) is 11.5 Å². The van der Waals surface area contributed by atoms with Crippen LogP contribution in [0.15, 0.2) is 97.3 Å². The Kier molecular flexibility index (Phi) is 17.0. The molecule has 0 saturated carbocycles. The van der Waals surface area contributed by atoms with Crippen molar-refractivity contribution >= 4 is 35.1 Å². The molecular weight excluding hydrogens is 885 g/mol. The molecule has 0 unspecified atom stereocenters. The molecule has 6 aromatic rings. The summed E-state index contributed by atoms with van der Waals surface area (Å²) in [4.78, 5) is 65.4. The summed E-state index contributed by atoms with van der Waals surface area (Å²) in [5.41, 5.74) is 12.9. The first-order chi connectivity index (χ1) is 33.6. The molecule has 0 radical (unpaired) electrons. The molecule has 356 valence electrons. The SMILES string of the molecule is CCc1c(-c2ccc(C(=O)NCCOCCOCCOCCNC(=O)C#Cc3ccc(Cc4nc(C(=O)N[C@@H]5COc6ccccc6N(C)C5=O)n[nH]4)cc3)nc2)cnc(N)c1-c1ccc(O)cc1. The van der Waals surface area contributed by atoms with Crippen molar-refractivity contribution in [3.63, 3.8) is 0 Å². The monoisotopic (exact) mass is 936 g/mol. The molecule has 0 spiro atoms. The van der Waals surface area contributed by atoms with Crippen LogP contribution in [-0.4, -0.2) is 126 Å². The van der Waals surface area contributed by atoms with Crippen LogP contribution in [0.1, 0.15) is 50.5 Å². The van der Waals surface area contributed by atoms with Crippen molar-refractivity contribution in [1.29, 1.82) is 0 Å². The number of nitrogen functional groups attached to an aromatic ring is 1. The fourth-order valence-corrected chi connectivity index (χ4v) is 7.25. The van der Waals surface area contributed by atoms with Crippen LogP contribution in [0.25, 0.3) is 22.3 Å². The number of phenolic OH excluding ortho intramolecular Hbond substituents is 1. The number of rotatable bonds is 20. The minimum Gasteiger partial charge on any atom is -0.508 e. The number of likely N-dealkylation sites (N-methyl/N-ethyl adjacent to an activating group) is 1. The largest absolute Gasteiger partial charge is 0.508 e. The second-order valence-corrected chi connectivity index (χ2v) is 15.5. The number of nitrogens with one attached hydrogen (secondary N) is 4. The predicted molar refractivity (Wildman–Crippen MR) is 255 cm³/mol. The second-order valence-electron chi connectivity index (χ2n) is 15.5. The first-order valence-corrected chi connectivity index (χ1v) is 22.2. The third-order valence-electron chi connectivity index (χ3n) is 10.8. The molecule has 3 aromatic carbocycles. The minimum absolute atomic E-state index is 0.0322. The lowest BCUT2D eigenvalue weighted by atomic mass is 9.92. The third-order valence-corrected chi connectivity index (χ3v) is 10.8. The number of fused-ring (bicyclic) bond motifs is 1. The molecule has 19 heteroatoms. The lowest BCUT2D eigenvalue weighted by Gasteiger charge is -2.19. The number of phenols is 1. The van der Waals surface area contributed by atoms with Gasteiger partial charge in [-0.1, -0.05) is 55.3 Å². The van der Waals surface area contributed by atoms with Gasteiger partial charge in [-0.15, -0.1) is 5.10 Å². The van der Waals surface area contributed by atoms with E-state index in [1.54, 1.807) is 80.1 Å². The third kappa shape index (κ3) is 13.3. The maximum Gasteiger partial charge on any atom is 0.296 e. The van der Waals surface area contributed by atoms with Gasteiger partial charge in [-0.25, -0.2) is 9.97 Å². The zero-order valence-electron chi connectivity index (χ0n) is 38.1. The summed E-state index contributed by atoms with van der Waals surface area (Å²) in [5, 5.41) is 24.7. The molecule has 4 amide bonds. The van der Waals surface area contributed by atoms with Crippen LogP contribution < -0.4 is 31.3 Å². The van der Waals surface area contributed by atoms with Crippen LogP contribution >= 0.6 is 0 Å². The number of hydrogen-bond donors (Lipinski definition) is 6. The Balaban J connectivity index is 0.711. The predicted octanol–water partition coefficient (Wildman–Crippen LogP) is 3.47. The van der Waals surface area contributed by atoms with Crippen molar-refractivity contribution in [3.8, 4) is 45.6 Å². The second kappa shape index (κ2) is 24.0. The average Bonchev–Trinajstić information content (AvgIpc) is 3.80. The zero-order chi connectivity index (χ0) is 48.5. The summed E-state index contributed by atoms with van der Waals surface area (Å²) in [6.07, 6.45) is 4.39. The number of H-pyrrole nitrogens is 1. The number of aromatic amines is 1. The maximum atomic E-state index is 13.0. The standard InChI is InChI=1S/C50H52N10O9/c1-3-37-38(30-55-46(51)45(37)34-13-16-36(61)17-14-34)35-15-18-39(54-29-35)48(63)53-21-23-67-25-27-68-26-24-66-22-20-52-44(62)19-12-32-8-10-33(11-9-32)28-43-57-47(59-58-43)49(64)56-40-31-69-42-7-5-4-6-41(42)60(2)50(40)65/h4-11,13-18,29-30,40,61H,3,20-28,31H2,1-2H3,(H2,51,55)(H,52,62)(H,53,63)(H,56,64)(H,57,58,59)/t40-/m1/s1. The Labute approximate surface area is 398 Å². The topological polar surface area (TPSA) is 258 Å². The quantitative estimate of drug-likeness (QED) is 0.0474. The Hall–Kier alpha value is -8.18. The molecule has 19 nitrogen and oxygen atoms in total. The first-order valence-electron chi connectivity index (χ1n) is 22.2. The van der Waals surface area contributed by atoms with Gasteiger partial charge in [-0.3, -0.25) is 29.3 Å². The summed E-state index contributed by atoms with van der Waals surface area (Å²) in [7, 11) is 1.63. The average molecular weight is 937 g/mol. The Morgan fingerprint density at radius 3 is 2.26 bits per heavy atom. The minimum atomic E-state index is -0.920. The number of benzene rings is 3. The van der Waals surface area contributed by atoms with Gasteiger partial charge in [-0.05, 0) is 65.6 Å². The maximum absolute atomic E-state index is 13.0. The van der Waals surface area contributed by atoms with Crippen LogP contribution in [-0.2, 0) is 36.6 Å². The van der Waals surface area contributed by atoms with Gasteiger partial charge in [0.2, 0.25) is 5.82 Å².